The van der Waals surface area contributed by atoms with Gasteiger partial charge in [-0.15, -0.1) is 16.9 Å². The van der Waals surface area contributed by atoms with E-state index in [0.29, 0.717) is 10.6 Å². The maximum Gasteiger partial charge on any atom is 0.240 e. The van der Waals surface area contributed by atoms with E-state index in [9.17, 15) is 0 Å². The second kappa shape index (κ2) is 4.15. The summed E-state index contributed by atoms with van der Waals surface area (Å²) in [6, 6.07) is 1.81. The van der Waals surface area contributed by atoms with Gasteiger partial charge in [-0.25, -0.2) is 9.97 Å². The summed E-state index contributed by atoms with van der Waals surface area (Å²) in [5.41, 5.74) is 5.47. The highest BCUT2D eigenvalue weighted by Gasteiger charge is 2.08. The number of anilines is 1. The van der Waals surface area contributed by atoms with Crippen LogP contribution in [0.15, 0.2) is 22.2 Å². The molecule has 0 atom stereocenters. The molecule has 0 radical (unpaired) electrons. The fourth-order valence-corrected chi connectivity index (χ4v) is 1.83. The lowest BCUT2D eigenvalue weighted by molar-refractivity contribution is 0.810. The van der Waals surface area contributed by atoms with Crippen LogP contribution in [0.1, 0.15) is 0 Å². The Morgan fingerprint density at radius 3 is 2.87 bits per heavy atom. The molecule has 0 amide bonds. The van der Waals surface area contributed by atoms with Crippen molar-refractivity contribution >= 4 is 33.6 Å². The Bertz CT molecular complexity index is 484. The van der Waals surface area contributed by atoms with Gasteiger partial charge in [0.25, 0.3) is 0 Å². The first-order valence-electron chi connectivity index (χ1n) is 3.95. The minimum atomic E-state index is 0.200. The lowest BCUT2D eigenvalue weighted by atomic mass is 10.6. The number of aromatic nitrogens is 5. The van der Waals surface area contributed by atoms with Crippen LogP contribution < -0.4 is 5.73 Å². The summed E-state index contributed by atoms with van der Waals surface area (Å²) in [7, 11) is 0. The number of thioether (sulfide) groups is 1. The van der Waals surface area contributed by atoms with Crippen molar-refractivity contribution in [3.05, 3.63) is 17.1 Å². The van der Waals surface area contributed by atoms with Crippen LogP contribution in [0.25, 0.3) is 5.82 Å². The van der Waals surface area contributed by atoms with Gasteiger partial charge in [0.2, 0.25) is 10.7 Å². The topological polar surface area (TPSA) is 82.5 Å². The Morgan fingerprint density at radius 1 is 1.47 bits per heavy atom. The van der Waals surface area contributed by atoms with Crippen LogP contribution in [-0.4, -0.2) is 31.0 Å². The van der Waals surface area contributed by atoms with E-state index in [1.807, 2.05) is 12.3 Å². The second-order valence-corrected chi connectivity index (χ2v) is 4.11. The molecule has 0 aromatic carbocycles. The van der Waals surface area contributed by atoms with Gasteiger partial charge in [0.05, 0.1) is 0 Å². The number of rotatable bonds is 2. The molecule has 0 unspecified atom stereocenters. The summed E-state index contributed by atoms with van der Waals surface area (Å²) < 4.78 is 2.03. The summed E-state index contributed by atoms with van der Waals surface area (Å²) in [5.74, 6) is 0.830. The Morgan fingerprint density at radius 2 is 2.27 bits per heavy atom. The van der Waals surface area contributed by atoms with Gasteiger partial charge < -0.3 is 5.73 Å². The van der Waals surface area contributed by atoms with Gasteiger partial charge >= 0.3 is 0 Å². The fraction of sp³-hybridized carbons (Fsp3) is 0.143. The molecule has 0 aliphatic heterocycles. The molecule has 0 fully saturated rings. The summed E-state index contributed by atoms with van der Waals surface area (Å²) in [5, 5.41) is 4.85. The Balaban J connectivity index is 2.49. The van der Waals surface area contributed by atoms with Crippen molar-refractivity contribution < 1.29 is 0 Å². The monoisotopic (exact) mass is 286 g/mol. The average Bonchev–Trinajstić information content (AvgIpc) is 2.58. The molecular weight excluding hydrogens is 280 g/mol. The van der Waals surface area contributed by atoms with Gasteiger partial charge in [-0.2, -0.15) is 9.67 Å². The van der Waals surface area contributed by atoms with Gasteiger partial charge in [0.1, 0.15) is 11.4 Å². The van der Waals surface area contributed by atoms with Crippen LogP contribution in [-0.2, 0) is 0 Å². The molecule has 0 aliphatic carbocycles. The van der Waals surface area contributed by atoms with Crippen LogP contribution >= 0.6 is 27.7 Å². The van der Waals surface area contributed by atoms with E-state index in [2.05, 4.69) is 36.0 Å². The largest absolute Gasteiger partial charge is 0.366 e. The fourth-order valence-electron chi connectivity index (χ4n) is 1.01. The predicted octanol–water partition coefficient (Wildman–Crippen LogP) is 1.12. The predicted molar refractivity (Wildman–Crippen MR) is 60.8 cm³/mol. The van der Waals surface area contributed by atoms with Crippen LogP contribution in [0.5, 0.6) is 0 Å². The number of nitrogens with zero attached hydrogens (tertiary/aromatic N) is 5. The molecule has 2 aromatic rings. The number of hydrogen-bond acceptors (Lipinski definition) is 6. The van der Waals surface area contributed by atoms with E-state index in [1.54, 1.807) is 0 Å². The van der Waals surface area contributed by atoms with Crippen molar-refractivity contribution in [2.45, 2.75) is 5.03 Å². The minimum absolute atomic E-state index is 0.200. The summed E-state index contributed by atoms with van der Waals surface area (Å²) in [4.78, 5) is 12.1. The molecule has 0 aliphatic rings. The second-order valence-electron chi connectivity index (χ2n) is 2.57. The quantitative estimate of drug-likeness (QED) is 0.658. The average molecular weight is 287 g/mol. The summed E-state index contributed by atoms with van der Waals surface area (Å²) >= 11 is 4.77. The summed E-state index contributed by atoms with van der Waals surface area (Å²) in [6.07, 6.45) is 3.42. The lowest BCUT2D eigenvalue weighted by Gasteiger charge is -2.01. The van der Waals surface area contributed by atoms with Crippen LogP contribution in [0.2, 0.25) is 0 Å². The van der Waals surface area contributed by atoms with E-state index in [-0.39, 0.29) is 5.95 Å². The zero-order chi connectivity index (χ0) is 10.8. The van der Waals surface area contributed by atoms with Crippen molar-refractivity contribution in [3.8, 4) is 5.82 Å². The molecule has 0 saturated heterocycles. The van der Waals surface area contributed by atoms with E-state index in [1.165, 1.54) is 22.8 Å². The molecule has 6 nitrogen and oxygen atoms in total. The van der Waals surface area contributed by atoms with Gasteiger partial charge in [-0.1, -0.05) is 0 Å². The molecule has 2 N–H and O–H groups in total. The maximum atomic E-state index is 5.47. The standard InChI is InChI=1S/C7H7BrN6S/c1-15-5-2-4(10-3-11-5)14-6(8)12-7(9)13-14/h2-3H,1H3,(H2,9,13). The first-order valence-corrected chi connectivity index (χ1v) is 5.97. The number of hydrogen-bond donors (Lipinski definition) is 1. The molecule has 0 saturated carbocycles. The molecule has 2 rings (SSSR count). The molecule has 2 aromatic heterocycles. The van der Waals surface area contributed by atoms with Crippen molar-refractivity contribution in [2.24, 2.45) is 0 Å². The van der Waals surface area contributed by atoms with Crippen molar-refractivity contribution in [1.82, 2.24) is 24.7 Å². The van der Waals surface area contributed by atoms with Gasteiger partial charge in [-0.3, -0.25) is 0 Å². The molecule has 8 heteroatoms. The minimum Gasteiger partial charge on any atom is -0.366 e. The summed E-state index contributed by atoms with van der Waals surface area (Å²) in [6.45, 7) is 0. The van der Waals surface area contributed by atoms with Gasteiger partial charge in [0.15, 0.2) is 5.82 Å². The van der Waals surface area contributed by atoms with Crippen LogP contribution in [0, 0.1) is 0 Å². The highest BCUT2D eigenvalue weighted by molar-refractivity contribution is 9.10. The number of halogens is 1. The van der Waals surface area contributed by atoms with Gasteiger partial charge in [0, 0.05) is 6.07 Å². The van der Waals surface area contributed by atoms with Crippen LogP contribution in [0.3, 0.4) is 0 Å². The third-order valence-corrected chi connectivity index (χ3v) is 2.79. The number of nitrogen functional groups attached to an aromatic ring is 1. The zero-order valence-electron chi connectivity index (χ0n) is 7.75. The first kappa shape index (κ1) is 10.4. The lowest BCUT2D eigenvalue weighted by Crippen LogP contribution is -2.01. The molecule has 78 valence electrons. The van der Waals surface area contributed by atoms with Gasteiger partial charge in [-0.05, 0) is 22.2 Å². The SMILES string of the molecule is CSc1cc(-n2nc(N)nc2Br)ncn1. The smallest absolute Gasteiger partial charge is 0.240 e. The highest BCUT2D eigenvalue weighted by Crippen LogP contribution is 2.17. The zero-order valence-corrected chi connectivity index (χ0v) is 10.2. The Kier molecular flexibility index (Phi) is 2.87. The highest BCUT2D eigenvalue weighted by atomic mass is 79.9. The molecule has 0 spiro atoms. The van der Waals surface area contributed by atoms with Crippen molar-refractivity contribution in [1.29, 1.82) is 0 Å². The maximum absolute atomic E-state index is 5.47. The van der Waals surface area contributed by atoms with Crippen molar-refractivity contribution in [2.75, 3.05) is 12.0 Å². The molecule has 0 bridgehead atoms. The van der Waals surface area contributed by atoms with E-state index >= 15 is 0 Å². The van der Waals surface area contributed by atoms with E-state index in [0.717, 1.165) is 5.03 Å². The van der Waals surface area contributed by atoms with E-state index in [4.69, 9.17) is 5.73 Å². The Labute approximate surface area is 98.5 Å². The third-order valence-electron chi connectivity index (χ3n) is 1.64. The Hall–Kier alpha value is -1.15. The molecular formula is C7H7BrN6S. The number of nitrogens with two attached hydrogens (primary N) is 1. The van der Waals surface area contributed by atoms with E-state index < -0.39 is 0 Å². The van der Waals surface area contributed by atoms with Crippen LogP contribution in [0.4, 0.5) is 5.95 Å². The van der Waals surface area contributed by atoms with Crippen molar-refractivity contribution in [3.63, 3.8) is 0 Å². The third kappa shape index (κ3) is 2.10. The molecule has 2 heterocycles. The first-order chi connectivity index (χ1) is 7.20. The molecule has 15 heavy (non-hydrogen) atoms. The normalized spacial score (nSPS) is 10.5.